The molecule has 0 saturated carbocycles. The van der Waals surface area contributed by atoms with Gasteiger partial charge in [0.2, 0.25) is 0 Å². The second-order valence-corrected chi connectivity index (χ2v) is 2.84. The van der Waals surface area contributed by atoms with Gasteiger partial charge in [-0.05, 0) is 6.42 Å². The molecule has 0 rings (SSSR count). The van der Waals surface area contributed by atoms with Crippen LogP contribution in [0.1, 0.15) is 41.0 Å². The Morgan fingerprint density at radius 3 is 1.75 bits per heavy atom. The Hall–Kier alpha value is -0.0105. The Balaban J connectivity index is -0.000000142. The quantitative estimate of drug-likeness (QED) is 0.402. The molecule has 0 aromatic carbocycles. The van der Waals surface area contributed by atoms with E-state index in [-0.39, 0.29) is 23.0 Å². The summed E-state index contributed by atoms with van der Waals surface area (Å²) >= 11 is 0. The molecule has 3 heteroatoms. The topological polar surface area (TPSA) is 26.3 Å². The number of rotatable bonds is 2. The van der Waals surface area contributed by atoms with Crippen LogP contribution >= 0.6 is 0 Å². The van der Waals surface area contributed by atoms with Gasteiger partial charge in [0.05, 0.1) is 6.61 Å². The largest absolute Gasteiger partial charge is 0.466 e. The predicted octanol–water partition coefficient (Wildman–Crippen LogP) is 2.58. The summed E-state index contributed by atoms with van der Waals surface area (Å²) in [5, 5.41) is 0. The number of ether oxygens (including phenoxy) is 1. The van der Waals surface area contributed by atoms with Gasteiger partial charge in [-0.1, -0.05) is 6.92 Å². The summed E-state index contributed by atoms with van der Waals surface area (Å²) in [7, 11) is 0. The minimum absolute atomic E-state index is 0. The maximum Gasteiger partial charge on any atom is 0.302 e. The molecule has 0 atom stereocenters. The zero-order chi connectivity index (χ0) is 9.28. The van der Waals surface area contributed by atoms with Crippen LogP contribution in [0.25, 0.3) is 0 Å². The fraction of sp³-hybridized carbons (Fsp3) is 0.778. The zero-order valence-corrected chi connectivity index (χ0v) is 9.69. The SMILES string of the molecule is CCCOC(C)=O.C[C-](C)C.[Fe]. The van der Waals surface area contributed by atoms with E-state index in [2.05, 4.69) is 25.5 Å². The molecular weight excluding hydrogens is 196 g/mol. The molecule has 0 heterocycles. The third kappa shape index (κ3) is 50.7. The fourth-order valence-electron chi connectivity index (χ4n) is 0.246. The maximum atomic E-state index is 9.98. The summed E-state index contributed by atoms with van der Waals surface area (Å²) in [6.45, 7) is 10.2. The Morgan fingerprint density at radius 1 is 1.33 bits per heavy atom. The van der Waals surface area contributed by atoms with Crippen LogP contribution in [0.3, 0.4) is 0 Å². The molecule has 0 bridgehead atoms. The van der Waals surface area contributed by atoms with Crippen LogP contribution in [0.2, 0.25) is 0 Å². The molecule has 12 heavy (non-hydrogen) atoms. The second kappa shape index (κ2) is 13.6. The molecule has 0 unspecified atom stereocenters. The van der Waals surface area contributed by atoms with Crippen molar-refractivity contribution < 1.29 is 26.6 Å². The van der Waals surface area contributed by atoms with E-state index in [0.717, 1.165) is 6.42 Å². The third-order valence-electron chi connectivity index (χ3n) is 0.509. The number of esters is 1. The first-order valence-corrected chi connectivity index (χ1v) is 3.90. The van der Waals surface area contributed by atoms with E-state index < -0.39 is 0 Å². The number of hydrogen-bond donors (Lipinski definition) is 0. The molecule has 0 aromatic heterocycles. The summed E-state index contributed by atoms with van der Waals surface area (Å²) in [6, 6.07) is 0. The van der Waals surface area contributed by atoms with Gasteiger partial charge in [-0.2, -0.15) is 20.8 Å². The molecule has 2 nitrogen and oxygen atoms in total. The normalized spacial score (nSPS) is 7.83. The van der Waals surface area contributed by atoms with Crippen LogP contribution in [0.5, 0.6) is 0 Å². The summed E-state index contributed by atoms with van der Waals surface area (Å²) < 4.78 is 4.55. The number of carbonyl (C=O) groups is 1. The van der Waals surface area contributed by atoms with Crippen molar-refractivity contribution >= 4 is 5.97 Å². The average molecular weight is 215 g/mol. The van der Waals surface area contributed by atoms with Gasteiger partial charge in [0, 0.05) is 24.0 Å². The van der Waals surface area contributed by atoms with Gasteiger partial charge in [-0.25, -0.2) is 0 Å². The van der Waals surface area contributed by atoms with Gasteiger partial charge in [0.15, 0.2) is 0 Å². The average Bonchev–Trinajstić information content (AvgIpc) is 1.82. The van der Waals surface area contributed by atoms with Crippen LogP contribution in [0.4, 0.5) is 0 Å². The molecule has 0 N–H and O–H groups in total. The molecule has 0 spiro atoms. The van der Waals surface area contributed by atoms with Crippen LogP contribution in [0.15, 0.2) is 0 Å². The number of hydrogen-bond acceptors (Lipinski definition) is 2. The summed E-state index contributed by atoms with van der Waals surface area (Å²) in [5.74, 6) is 1.22. The smallest absolute Gasteiger partial charge is 0.302 e. The third-order valence-corrected chi connectivity index (χ3v) is 0.509. The number of carbonyl (C=O) groups excluding carboxylic acids is 1. The molecule has 0 amide bonds. The van der Waals surface area contributed by atoms with E-state index in [0.29, 0.717) is 6.61 Å². The van der Waals surface area contributed by atoms with Gasteiger partial charge < -0.3 is 10.7 Å². The van der Waals surface area contributed by atoms with Crippen molar-refractivity contribution in [2.45, 2.75) is 41.0 Å². The molecule has 0 aliphatic rings. The van der Waals surface area contributed by atoms with Gasteiger partial charge in [0.25, 0.3) is 0 Å². The van der Waals surface area contributed by atoms with Gasteiger partial charge in [-0.15, -0.1) is 0 Å². The minimum atomic E-state index is -0.193. The van der Waals surface area contributed by atoms with Crippen molar-refractivity contribution in [1.82, 2.24) is 0 Å². The Bertz CT molecular complexity index is 89.8. The minimum Gasteiger partial charge on any atom is -0.466 e. The van der Waals surface area contributed by atoms with Gasteiger partial charge >= 0.3 is 5.97 Å². The van der Waals surface area contributed by atoms with Crippen LogP contribution < -0.4 is 0 Å². The van der Waals surface area contributed by atoms with Gasteiger partial charge in [-0.3, -0.25) is 4.79 Å². The van der Waals surface area contributed by atoms with Crippen molar-refractivity contribution in [3.63, 3.8) is 0 Å². The molecule has 0 saturated heterocycles. The van der Waals surface area contributed by atoms with E-state index in [9.17, 15) is 4.79 Å². The van der Waals surface area contributed by atoms with Crippen LogP contribution in [-0.4, -0.2) is 12.6 Å². The molecule has 0 radical (unpaired) electrons. The molecule has 0 fully saturated rings. The Kier molecular flexibility index (Phi) is 20.3. The standard InChI is InChI=1S/C5H10O2.C4H9.Fe/c1-3-4-7-5(2)6;1-4(2)3;/h3-4H2,1-2H3;1-3H3;/q;-1;. The first kappa shape index (κ1) is 17.9. The van der Waals surface area contributed by atoms with E-state index in [4.69, 9.17) is 0 Å². The predicted molar refractivity (Wildman–Crippen MR) is 47.2 cm³/mol. The van der Waals surface area contributed by atoms with Crippen molar-refractivity contribution in [2.24, 2.45) is 0 Å². The van der Waals surface area contributed by atoms with E-state index in [1.165, 1.54) is 12.8 Å². The molecule has 0 aliphatic carbocycles. The molecule has 0 aromatic rings. The Labute approximate surface area is 86.5 Å². The van der Waals surface area contributed by atoms with Crippen LogP contribution in [0, 0.1) is 5.92 Å². The molecule has 0 aliphatic heterocycles. The fourth-order valence-corrected chi connectivity index (χ4v) is 0.246. The van der Waals surface area contributed by atoms with Crippen LogP contribution in [-0.2, 0) is 26.6 Å². The van der Waals surface area contributed by atoms with E-state index in [1.807, 2.05) is 6.92 Å². The zero-order valence-electron chi connectivity index (χ0n) is 8.58. The monoisotopic (exact) mass is 215 g/mol. The van der Waals surface area contributed by atoms with E-state index >= 15 is 0 Å². The van der Waals surface area contributed by atoms with Crippen molar-refractivity contribution in [3.8, 4) is 0 Å². The van der Waals surface area contributed by atoms with Gasteiger partial charge in [0.1, 0.15) is 0 Å². The first-order chi connectivity index (χ1) is 5.00. The van der Waals surface area contributed by atoms with Crippen molar-refractivity contribution in [3.05, 3.63) is 5.92 Å². The first-order valence-electron chi connectivity index (χ1n) is 3.90. The Morgan fingerprint density at radius 2 is 1.67 bits per heavy atom. The van der Waals surface area contributed by atoms with Crippen molar-refractivity contribution in [2.75, 3.05) is 6.61 Å². The summed E-state index contributed by atoms with van der Waals surface area (Å²) in [4.78, 5) is 9.98. The molecule has 76 valence electrons. The van der Waals surface area contributed by atoms with E-state index in [1.54, 1.807) is 0 Å². The summed E-state index contributed by atoms with van der Waals surface area (Å²) in [6.07, 6.45) is 0.902. The van der Waals surface area contributed by atoms with Crippen molar-refractivity contribution in [1.29, 1.82) is 0 Å². The second-order valence-electron chi connectivity index (χ2n) is 2.84. The maximum absolute atomic E-state index is 9.98. The summed E-state index contributed by atoms with van der Waals surface area (Å²) in [5.41, 5.74) is 0. The molecular formula is C9H19FeO2-.